The fraction of sp³-hybridized carbons (Fsp3) is 0.684. The topological polar surface area (TPSA) is 65.7 Å². The molecule has 0 fully saturated rings. The fourth-order valence-corrected chi connectivity index (χ4v) is 2.49. The standard InChI is InChI=1S/C19H30O5/c1-3-5-6-7-8-9-10-13-18(20)24-17(15-19(21)22-4-2)16-12-11-14-23-16/h11-12,14,17H,3-10,13,15H2,1-2H3/t17-/m1/s1. The van der Waals surface area contributed by atoms with E-state index in [0.717, 1.165) is 19.3 Å². The molecule has 24 heavy (non-hydrogen) atoms. The average molecular weight is 338 g/mol. The van der Waals surface area contributed by atoms with Crippen molar-refractivity contribution in [1.82, 2.24) is 0 Å². The van der Waals surface area contributed by atoms with Crippen LogP contribution in [0.15, 0.2) is 22.8 Å². The van der Waals surface area contributed by atoms with Gasteiger partial charge < -0.3 is 13.9 Å². The minimum absolute atomic E-state index is 0.0237. The van der Waals surface area contributed by atoms with Crippen molar-refractivity contribution >= 4 is 11.9 Å². The Morgan fingerprint density at radius 3 is 2.38 bits per heavy atom. The number of rotatable bonds is 13. The maximum atomic E-state index is 12.0. The molecule has 0 saturated heterocycles. The Bertz CT molecular complexity index is 452. The van der Waals surface area contributed by atoms with Crippen molar-refractivity contribution in [2.24, 2.45) is 0 Å². The van der Waals surface area contributed by atoms with Crippen molar-refractivity contribution in [2.75, 3.05) is 6.61 Å². The summed E-state index contributed by atoms with van der Waals surface area (Å²) in [5, 5.41) is 0. The predicted molar refractivity (Wildman–Crippen MR) is 91.4 cm³/mol. The summed E-state index contributed by atoms with van der Waals surface area (Å²) < 4.78 is 15.6. The molecule has 0 aliphatic rings. The molecule has 0 unspecified atom stereocenters. The molecule has 1 aromatic rings. The molecule has 0 radical (unpaired) electrons. The third-order valence-electron chi connectivity index (χ3n) is 3.78. The van der Waals surface area contributed by atoms with Gasteiger partial charge in [0.05, 0.1) is 19.3 Å². The molecule has 5 nitrogen and oxygen atoms in total. The van der Waals surface area contributed by atoms with Gasteiger partial charge >= 0.3 is 11.9 Å². The van der Waals surface area contributed by atoms with E-state index in [1.165, 1.54) is 31.9 Å². The SMILES string of the molecule is CCCCCCCCCC(=O)O[C@H](CC(=O)OCC)c1ccco1. The van der Waals surface area contributed by atoms with E-state index in [0.29, 0.717) is 18.8 Å². The minimum atomic E-state index is -0.712. The first kappa shape index (κ1) is 20.3. The summed E-state index contributed by atoms with van der Waals surface area (Å²) in [6, 6.07) is 3.41. The van der Waals surface area contributed by atoms with Crippen LogP contribution in [0.5, 0.6) is 0 Å². The van der Waals surface area contributed by atoms with Crippen LogP contribution >= 0.6 is 0 Å². The maximum absolute atomic E-state index is 12.0. The molecule has 136 valence electrons. The largest absolute Gasteiger partial charge is 0.466 e. The van der Waals surface area contributed by atoms with Gasteiger partial charge in [0, 0.05) is 6.42 Å². The Labute approximate surface area is 144 Å². The zero-order valence-electron chi connectivity index (χ0n) is 14.9. The zero-order chi connectivity index (χ0) is 17.6. The highest BCUT2D eigenvalue weighted by atomic mass is 16.6. The molecule has 0 aromatic carbocycles. The molecule has 0 saturated carbocycles. The van der Waals surface area contributed by atoms with Gasteiger partial charge in [0.2, 0.25) is 0 Å². The summed E-state index contributed by atoms with van der Waals surface area (Å²) >= 11 is 0. The number of esters is 2. The Hall–Kier alpha value is -1.78. The number of hydrogen-bond donors (Lipinski definition) is 0. The summed E-state index contributed by atoms with van der Waals surface area (Å²) in [6.07, 6.45) is 9.13. The molecule has 0 N–H and O–H groups in total. The molecule has 1 heterocycles. The number of ether oxygens (including phenoxy) is 2. The highest BCUT2D eigenvalue weighted by molar-refractivity contribution is 5.72. The molecular weight excluding hydrogens is 308 g/mol. The zero-order valence-corrected chi connectivity index (χ0v) is 14.9. The molecule has 0 bridgehead atoms. The summed E-state index contributed by atoms with van der Waals surface area (Å²) in [5.41, 5.74) is 0. The van der Waals surface area contributed by atoms with E-state index in [2.05, 4.69) is 6.92 Å². The summed E-state index contributed by atoms with van der Waals surface area (Å²) in [7, 11) is 0. The van der Waals surface area contributed by atoms with Crippen molar-refractivity contribution in [3.05, 3.63) is 24.2 Å². The molecule has 5 heteroatoms. The van der Waals surface area contributed by atoms with Crippen LogP contribution in [0.3, 0.4) is 0 Å². The van der Waals surface area contributed by atoms with Gasteiger partial charge in [-0.1, -0.05) is 45.4 Å². The minimum Gasteiger partial charge on any atom is -0.466 e. The second-order valence-corrected chi connectivity index (χ2v) is 5.87. The van der Waals surface area contributed by atoms with Crippen molar-refractivity contribution in [3.8, 4) is 0 Å². The average Bonchev–Trinajstić information content (AvgIpc) is 3.08. The van der Waals surface area contributed by atoms with E-state index < -0.39 is 12.1 Å². The third kappa shape index (κ3) is 8.75. The van der Waals surface area contributed by atoms with Gasteiger partial charge in [-0.15, -0.1) is 0 Å². The lowest BCUT2D eigenvalue weighted by atomic mass is 10.1. The van der Waals surface area contributed by atoms with E-state index >= 15 is 0 Å². The number of carbonyl (C=O) groups is 2. The summed E-state index contributed by atoms with van der Waals surface area (Å²) in [5.74, 6) is -0.229. The van der Waals surface area contributed by atoms with Crippen molar-refractivity contribution < 1.29 is 23.5 Å². The van der Waals surface area contributed by atoms with E-state index in [-0.39, 0.29) is 12.4 Å². The summed E-state index contributed by atoms with van der Waals surface area (Å²) in [6.45, 7) is 4.24. The van der Waals surface area contributed by atoms with Gasteiger partial charge in [-0.2, -0.15) is 0 Å². The van der Waals surface area contributed by atoms with Crippen molar-refractivity contribution in [1.29, 1.82) is 0 Å². The molecule has 0 spiro atoms. The van der Waals surface area contributed by atoms with Gasteiger partial charge in [0.25, 0.3) is 0 Å². The van der Waals surface area contributed by atoms with Crippen LogP contribution in [-0.4, -0.2) is 18.5 Å². The predicted octanol–water partition coefficient (Wildman–Crippen LogP) is 4.96. The van der Waals surface area contributed by atoms with Gasteiger partial charge in [-0.3, -0.25) is 9.59 Å². The first-order valence-corrected chi connectivity index (χ1v) is 9.05. The maximum Gasteiger partial charge on any atom is 0.310 e. The molecule has 0 amide bonds. The molecule has 0 aliphatic heterocycles. The second kappa shape index (κ2) is 12.6. The molecule has 1 rings (SSSR count). The normalized spacial score (nSPS) is 11.9. The van der Waals surface area contributed by atoms with E-state index in [1.807, 2.05) is 0 Å². The first-order valence-electron chi connectivity index (χ1n) is 9.05. The number of carbonyl (C=O) groups excluding carboxylic acids is 2. The van der Waals surface area contributed by atoms with Crippen LogP contribution in [0.4, 0.5) is 0 Å². The first-order chi connectivity index (χ1) is 11.7. The Kier molecular flexibility index (Phi) is 10.7. The van der Waals surface area contributed by atoms with Crippen LogP contribution in [0.2, 0.25) is 0 Å². The van der Waals surface area contributed by atoms with E-state index in [1.54, 1.807) is 19.1 Å². The lowest BCUT2D eigenvalue weighted by molar-refractivity contribution is -0.156. The Morgan fingerprint density at radius 2 is 1.75 bits per heavy atom. The smallest absolute Gasteiger partial charge is 0.310 e. The Morgan fingerprint density at radius 1 is 1.04 bits per heavy atom. The monoisotopic (exact) mass is 338 g/mol. The highest BCUT2D eigenvalue weighted by Gasteiger charge is 2.23. The summed E-state index contributed by atoms with van der Waals surface area (Å²) in [4.78, 5) is 23.7. The van der Waals surface area contributed by atoms with Gasteiger partial charge in [-0.25, -0.2) is 0 Å². The van der Waals surface area contributed by atoms with Crippen LogP contribution in [0.25, 0.3) is 0 Å². The van der Waals surface area contributed by atoms with Gasteiger partial charge in [0.15, 0.2) is 6.10 Å². The highest BCUT2D eigenvalue weighted by Crippen LogP contribution is 2.23. The van der Waals surface area contributed by atoms with Crippen LogP contribution in [0.1, 0.15) is 83.5 Å². The number of hydrogen-bond acceptors (Lipinski definition) is 5. The van der Waals surface area contributed by atoms with E-state index in [4.69, 9.17) is 13.9 Å². The third-order valence-corrected chi connectivity index (χ3v) is 3.78. The van der Waals surface area contributed by atoms with Crippen LogP contribution in [0, 0.1) is 0 Å². The quantitative estimate of drug-likeness (QED) is 0.376. The molecule has 1 aromatic heterocycles. The fourth-order valence-electron chi connectivity index (χ4n) is 2.49. The number of furan rings is 1. The molecule has 1 atom stereocenters. The van der Waals surface area contributed by atoms with Gasteiger partial charge in [0.1, 0.15) is 5.76 Å². The van der Waals surface area contributed by atoms with Crippen LogP contribution < -0.4 is 0 Å². The molecule has 0 aliphatic carbocycles. The molecular formula is C19H30O5. The van der Waals surface area contributed by atoms with Crippen molar-refractivity contribution in [2.45, 2.75) is 77.7 Å². The second-order valence-electron chi connectivity index (χ2n) is 5.87. The lowest BCUT2D eigenvalue weighted by Crippen LogP contribution is -2.16. The lowest BCUT2D eigenvalue weighted by Gasteiger charge is -2.15. The van der Waals surface area contributed by atoms with Crippen molar-refractivity contribution in [3.63, 3.8) is 0 Å². The van der Waals surface area contributed by atoms with E-state index in [9.17, 15) is 9.59 Å². The van der Waals surface area contributed by atoms with Gasteiger partial charge in [-0.05, 0) is 25.5 Å². The Balaban J connectivity index is 2.32. The van der Waals surface area contributed by atoms with Crippen LogP contribution in [-0.2, 0) is 19.1 Å². The number of unbranched alkanes of at least 4 members (excludes halogenated alkanes) is 6.